The lowest BCUT2D eigenvalue weighted by molar-refractivity contribution is -0.142. The van der Waals surface area contributed by atoms with Crippen molar-refractivity contribution in [3.63, 3.8) is 0 Å². The number of hydrogen-bond acceptors (Lipinski definition) is 4. The fourth-order valence-electron chi connectivity index (χ4n) is 3.91. The topological polar surface area (TPSA) is 78.9 Å². The first-order chi connectivity index (χ1) is 17.0. The summed E-state index contributed by atoms with van der Waals surface area (Å²) in [6, 6.07) is 2.08. The Balaban J connectivity index is 2.47. The maximum absolute atomic E-state index is 15.3. The van der Waals surface area contributed by atoms with Gasteiger partial charge in [0.2, 0.25) is 5.91 Å². The molecule has 2 unspecified atom stereocenters. The lowest BCUT2D eigenvalue weighted by Gasteiger charge is -2.31. The van der Waals surface area contributed by atoms with Crippen molar-refractivity contribution in [2.24, 2.45) is 5.92 Å². The number of halogens is 2. The van der Waals surface area contributed by atoms with E-state index in [4.69, 9.17) is 9.84 Å². The highest BCUT2D eigenvalue weighted by Gasteiger charge is 2.24. The fourth-order valence-corrected chi connectivity index (χ4v) is 3.91. The number of benzene rings is 1. The number of allylic oxidation sites excluding steroid dienone is 4. The van der Waals surface area contributed by atoms with E-state index in [1.165, 1.54) is 6.92 Å². The van der Waals surface area contributed by atoms with Gasteiger partial charge in [0.25, 0.3) is 0 Å². The van der Waals surface area contributed by atoms with Crippen LogP contribution in [-0.2, 0) is 14.3 Å². The van der Waals surface area contributed by atoms with Crippen LogP contribution in [0, 0.1) is 17.6 Å². The molecule has 0 radical (unpaired) electrons. The SMILES string of the molecule is C=C1C=C(C)C=CN1/C(CC(CC)OCCC)=C(\C)c1c(F)cc(NC(=O)CC(C)C(=O)O)cc1F. The van der Waals surface area contributed by atoms with Crippen LogP contribution in [0.25, 0.3) is 5.57 Å². The zero-order valence-electron chi connectivity index (χ0n) is 21.7. The quantitative estimate of drug-likeness (QED) is 0.335. The minimum Gasteiger partial charge on any atom is -0.481 e. The molecule has 0 aliphatic carbocycles. The zero-order valence-corrected chi connectivity index (χ0v) is 21.7. The van der Waals surface area contributed by atoms with Gasteiger partial charge in [-0.2, -0.15) is 0 Å². The van der Waals surface area contributed by atoms with Crippen molar-refractivity contribution < 1.29 is 28.2 Å². The summed E-state index contributed by atoms with van der Waals surface area (Å²) in [4.78, 5) is 24.9. The summed E-state index contributed by atoms with van der Waals surface area (Å²) >= 11 is 0. The highest BCUT2D eigenvalue weighted by atomic mass is 19.1. The van der Waals surface area contributed by atoms with Crippen LogP contribution < -0.4 is 5.32 Å². The first-order valence-electron chi connectivity index (χ1n) is 12.2. The normalized spacial score (nSPS) is 15.8. The van der Waals surface area contributed by atoms with Gasteiger partial charge in [-0.25, -0.2) is 8.78 Å². The van der Waals surface area contributed by atoms with Crippen molar-refractivity contribution in [1.29, 1.82) is 0 Å². The Bertz CT molecular complexity index is 1070. The summed E-state index contributed by atoms with van der Waals surface area (Å²) in [5.41, 5.74) is 2.45. The number of nitrogens with one attached hydrogen (secondary N) is 1. The number of ether oxygens (including phenoxy) is 1. The van der Waals surface area contributed by atoms with E-state index in [2.05, 4.69) is 11.9 Å². The van der Waals surface area contributed by atoms with Crippen LogP contribution in [-0.4, -0.2) is 34.6 Å². The number of aliphatic carboxylic acids is 1. The van der Waals surface area contributed by atoms with Crippen LogP contribution in [0.4, 0.5) is 14.5 Å². The second-order valence-electron chi connectivity index (χ2n) is 9.05. The van der Waals surface area contributed by atoms with Crippen LogP contribution in [0.3, 0.4) is 0 Å². The highest BCUT2D eigenvalue weighted by molar-refractivity contribution is 5.93. The number of amides is 1. The van der Waals surface area contributed by atoms with Crippen molar-refractivity contribution in [3.8, 4) is 0 Å². The molecule has 1 aromatic carbocycles. The average Bonchev–Trinajstić information content (AvgIpc) is 2.79. The van der Waals surface area contributed by atoms with Gasteiger partial charge in [-0.1, -0.05) is 27.4 Å². The number of nitrogens with zero attached hydrogens (tertiary/aromatic N) is 1. The van der Waals surface area contributed by atoms with E-state index in [9.17, 15) is 9.59 Å². The molecule has 0 spiro atoms. The molecule has 1 aliphatic rings. The van der Waals surface area contributed by atoms with E-state index in [0.29, 0.717) is 30.0 Å². The molecule has 2 N–H and O–H groups in total. The molecule has 0 aromatic heterocycles. The first-order valence-corrected chi connectivity index (χ1v) is 12.2. The molecule has 2 rings (SSSR count). The lowest BCUT2D eigenvalue weighted by Crippen LogP contribution is -2.24. The molecular formula is C28H36F2N2O4. The van der Waals surface area contributed by atoms with E-state index in [-0.39, 0.29) is 23.8 Å². The van der Waals surface area contributed by atoms with Gasteiger partial charge >= 0.3 is 5.97 Å². The first kappa shape index (κ1) is 29.0. The van der Waals surface area contributed by atoms with Crippen LogP contribution in [0.15, 0.2) is 54.0 Å². The van der Waals surface area contributed by atoms with Gasteiger partial charge < -0.3 is 20.1 Å². The van der Waals surface area contributed by atoms with Crippen molar-refractivity contribution >= 4 is 23.1 Å². The third-order valence-electron chi connectivity index (χ3n) is 5.96. The summed E-state index contributed by atoms with van der Waals surface area (Å²) < 4.78 is 36.5. The summed E-state index contributed by atoms with van der Waals surface area (Å²) in [5, 5.41) is 11.4. The number of carboxylic acids is 1. The molecule has 36 heavy (non-hydrogen) atoms. The van der Waals surface area contributed by atoms with Gasteiger partial charge in [-0.3, -0.25) is 9.59 Å². The standard InChI is InChI=1S/C28H36F2N2O4/c1-7-11-36-22(8-2)16-25(32-10-9-17(3)12-19(32)5)20(6)27-23(29)14-21(15-24(27)30)31-26(33)13-18(4)28(34)35/h9-10,12,14-15,18,22H,5,7-8,11,13,16H2,1-4,6H3,(H,31,33)(H,34,35)/b25-20+. The molecule has 6 nitrogen and oxygen atoms in total. The fraction of sp³-hybridized carbons (Fsp3) is 0.429. The van der Waals surface area contributed by atoms with E-state index in [1.807, 2.05) is 44.0 Å². The molecule has 8 heteroatoms. The van der Waals surface area contributed by atoms with Gasteiger partial charge in [0.05, 0.1) is 17.6 Å². The Morgan fingerprint density at radius 2 is 1.83 bits per heavy atom. The van der Waals surface area contributed by atoms with E-state index in [1.54, 1.807) is 6.92 Å². The summed E-state index contributed by atoms with van der Waals surface area (Å²) in [7, 11) is 0. The molecule has 1 aliphatic heterocycles. The van der Waals surface area contributed by atoms with Crippen molar-refractivity contribution in [2.45, 2.75) is 66.4 Å². The monoisotopic (exact) mass is 502 g/mol. The maximum atomic E-state index is 15.3. The van der Waals surface area contributed by atoms with Gasteiger partial charge in [-0.05, 0) is 62.1 Å². The molecule has 0 bridgehead atoms. The van der Waals surface area contributed by atoms with E-state index >= 15 is 8.78 Å². The van der Waals surface area contributed by atoms with Crippen molar-refractivity contribution in [1.82, 2.24) is 4.90 Å². The number of hydrogen-bond donors (Lipinski definition) is 2. The zero-order chi connectivity index (χ0) is 27.0. The third kappa shape index (κ3) is 7.62. The predicted octanol–water partition coefficient (Wildman–Crippen LogP) is 6.63. The number of carboxylic acid groups (broad SMARTS) is 1. The summed E-state index contributed by atoms with van der Waals surface area (Å²) in [6.07, 6.45) is 7.17. The van der Waals surface area contributed by atoms with Crippen LogP contribution in [0.2, 0.25) is 0 Å². The Morgan fingerprint density at radius 1 is 1.19 bits per heavy atom. The van der Waals surface area contributed by atoms with Gasteiger partial charge in [-0.15, -0.1) is 0 Å². The Labute approximate surface area is 212 Å². The van der Waals surface area contributed by atoms with Crippen molar-refractivity contribution in [3.05, 3.63) is 71.2 Å². The summed E-state index contributed by atoms with van der Waals surface area (Å²) in [5.74, 6) is -4.37. The third-order valence-corrected chi connectivity index (χ3v) is 5.96. The Kier molecular flexibility index (Phi) is 10.6. The number of anilines is 1. The van der Waals surface area contributed by atoms with Crippen molar-refractivity contribution in [2.75, 3.05) is 11.9 Å². The minimum absolute atomic E-state index is 0.0794. The van der Waals surface area contributed by atoms with Gasteiger partial charge in [0, 0.05) is 42.7 Å². The number of rotatable bonds is 12. The highest BCUT2D eigenvalue weighted by Crippen LogP contribution is 2.34. The van der Waals surface area contributed by atoms with Crippen LogP contribution in [0.5, 0.6) is 0 Å². The second-order valence-corrected chi connectivity index (χ2v) is 9.05. The molecule has 1 aromatic rings. The smallest absolute Gasteiger partial charge is 0.306 e. The molecule has 0 saturated carbocycles. The number of carbonyl (C=O) groups is 2. The average molecular weight is 503 g/mol. The minimum atomic E-state index is -1.13. The predicted molar refractivity (Wildman–Crippen MR) is 138 cm³/mol. The molecular weight excluding hydrogens is 466 g/mol. The lowest BCUT2D eigenvalue weighted by atomic mass is 9.97. The molecule has 196 valence electrons. The molecule has 2 atom stereocenters. The Morgan fingerprint density at radius 3 is 2.36 bits per heavy atom. The molecule has 1 amide bonds. The Hall–Kier alpha value is -3.26. The second kappa shape index (κ2) is 13.2. The molecule has 0 saturated heterocycles. The largest absolute Gasteiger partial charge is 0.481 e. The van der Waals surface area contributed by atoms with Gasteiger partial charge in [0.1, 0.15) is 11.6 Å². The van der Waals surface area contributed by atoms with E-state index in [0.717, 1.165) is 30.5 Å². The number of carbonyl (C=O) groups excluding carboxylic acids is 1. The molecule has 0 fully saturated rings. The van der Waals surface area contributed by atoms with Gasteiger partial charge in [0.15, 0.2) is 0 Å². The van der Waals surface area contributed by atoms with E-state index < -0.39 is 29.4 Å². The molecule has 1 heterocycles. The summed E-state index contributed by atoms with van der Waals surface area (Å²) in [6.45, 7) is 13.7. The maximum Gasteiger partial charge on any atom is 0.306 e. The van der Waals surface area contributed by atoms with Crippen LogP contribution in [0.1, 0.15) is 65.9 Å². The van der Waals surface area contributed by atoms with Crippen LogP contribution >= 0.6 is 0 Å².